The Morgan fingerprint density at radius 2 is 1.85 bits per heavy atom. The van der Waals surface area contributed by atoms with Crippen LogP contribution in [0.4, 0.5) is 5.69 Å². The Balaban J connectivity index is 1.71. The molecule has 1 heterocycles. The standard InChI is InChI=1S/C22H25N3O/c1-15-10-11-18-13-20(17(3)24-21(18)12-15)22(26)23-14-16(2)25(4)19-8-6-5-7-9-19/h5-13,16H,14H2,1-4H3,(H,23,26). The average molecular weight is 347 g/mol. The van der Waals surface area contributed by atoms with Crippen LogP contribution in [0.25, 0.3) is 10.9 Å². The van der Waals surface area contributed by atoms with Gasteiger partial charge in [0, 0.05) is 30.7 Å². The minimum absolute atomic E-state index is 0.0780. The molecule has 0 saturated carbocycles. The molecule has 3 rings (SSSR count). The topological polar surface area (TPSA) is 45.2 Å². The van der Waals surface area contributed by atoms with Crippen LogP contribution >= 0.6 is 0 Å². The first-order valence-electron chi connectivity index (χ1n) is 8.90. The van der Waals surface area contributed by atoms with Gasteiger partial charge in [-0.3, -0.25) is 9.78 Å². The van der Waals surface area contributed by atoms with Gasteiger partial charge in [-0.25, -0.2) is 0 Å². The van der Waals surface area contributed by atoms with Crippen LogP contribution in [0, 0.1) is 13.8 Å². The Labute approximate surface area is 154 Å². The molecule has 1 N–H and O–H groups in total. The lowest BCUT2D eigenvalue weighted by Gasteiger charge is -2.27. The van der Waals surface area contributed by atoms with Crippen LogP contribution in [0.15, 0.2) is 54.6 Å². The maximum atomic E-state index is 12.7. The van der Waals surface area contributed by atoms with E-state index in [1.54, 1.807) is 0 Å². The van der Waals surface area contributed by atoms with Crippen molar-refractivity contribution in [1.29, 1.82) is 0 Å². The molecule has 4 nitrogen and oxygen atoms in total. The third-order valence-electron chi connectivity index (χ3n) is 4.79. The molecule has 2 aromatic carbocycles. The summed E-state index contributed by atoms with van der Waals surface area (Å²) in [6.45, 7) is 6.59. The van der Waals surface area contributed by atoms with Crippen molar-refractivity contribution in [3.05, 3.63) is 71.4 Å². The molecular formula is C22H25N3O. The molecule has 0 bridgehead atoms. The number of hydrogen-bond donors (Lipinski definition) is 1. The Hall–Kier alpha value is -2.88. The quantitative estimate of drug-likeness (QED) is 0.755. The molecule has 0 aliphatic heterocycles. The van der Waals surface area contributed by atoms with Crippen LogP contribution in [-0.4, -0.2) is 30.5 Å². The molecule has 4 heteroatoms. The number of nitrogens with one attached hydrogen (secondary N) is 1. The second-order valence-corrected chi connectivity index (χ2v) is 6.82. The number of aryl methyl sites for hydroxylation is 2. The predicted molar refractivity (Wildman–Crippen MR) is 108 cm³/mol. The van der Waals surface area contributed by atoms with Gasteiger partial charge in [0.1, 0.15) is 0 Å². The number of hydrogen-bond acceptors (Lipinski definition) is 3. The van der Waals surface area contributed by atoms with Crippen molar-refractivity contribution in [1.82, 2.24) is 10.3 Å². The third-order valence-corrected chi connectivity index (χ3v) is 4.79. The molecule has 1 atom stereocenters. The molecule has 26 heavy (non-hydrogen) atoms. The zero-order chi connectivity index (χ0) is 18.7. The smallest absolute Gasteiger partial charge is 0.253 e. The molecule has 0 aliphatic rings. The lowest BCUT2D eigenvalue weighted by atomic mass is 10.1. The van der Waals surface area contributed by atoms with Crippen molar-refractivity contribution < 1.29 is 4.79 Å². The zero-order valence-electron chi connectivity index (χ0n) is 15.8. The van der Waals surface area contributed by atoms with Crippen molar-refractivity contribution in [2.24, 2.45) is 0 Å². The van der Waals surface area contributed by atoms with Crippen LogP contribution in [-0.2, 0) is 0 Å². The molecule has 0 spiro atoms. The minimum atomic E-state index is -0.0780. The number of carbonyl (C=O) groups excluding carboxylic acids is 1. The number of amides is 1. The fourth-order valence-corrected chi connectivity index (χ4v) is 2.99. The van der Waals surface area contributed by atoms with E-state index in [9.17, 15) is 4.79 Å². The molecular weight excluding hydrogens is 322 g/mol. The summed E-state index contributed by atoms with van der Waals surface area (Å²) in [6, 6.07) is 18.4. The van der Waals surface area contributed by atoms with E-state index in [1.165, 1.54) is 5.56 Å². The number of benzene rings is 2. The number of anilines is 1. The van der Waals surface area contributed by atoms with Crippen molar-refractivity contribution in [2.75, 3.05) is 18.5 Å². The van der Waals surface area contributed by atoms with E-state index in [0.29, 0.717) is 12.1 Å². The first-order chi connectivity index (χ1) is 12.5. The molecule has 1 aromatic heterocycles. The Morgan fingerprint density at radius 1 is 1.12 bits per heavy atom. The molecule has 0 fully saturated rings. The third kappa shape index (κ3) is 3.85. The predicted octanol–water partition coefficient (Wildman–Crippen LogP) is 4.11. The number of fused-ring (bicyclic) bond motifs is 1. The summed E-state index contributed by atoms with van der Waals surface area (Å²) in [5.41, 5.74) is 4.62. The van der Waals surface area contributed by atoms with E-state index in [0.717, 1.165) is 22.3 Å². The van der Waals surface area contributed by atoms with Crippen LogP contribution < -0.4 is 10.2 Å². The van der Waals surface area contributed by atoms with Gasteiger partial charge in [-0.1, -0.05) is 30.3 Å². The highest BCUT2D eigenvalue weighted by molar-refractivity contribution is 5.98. The first-order valence-corrected chi connectivity index (χ1v) is 8.90. The largest absolute Gasteiger partial charge is 0.370 e. The zero-order valence-corrected chi connectivity index (χ0v) is 15.8. The van der Waals surface area contributed by atoms with Gasteiger partial charge in [-0.15, -0.1) is 0 Å². The molecule has 0 aliphatic carbocycles. The van der Waals surface area contributed by atoms with E-state index < -0.39 is 0 Å². The fraction of sp³-hybridized carbons (Fsp3) is 0.273. The van der Waals surface area contributed by atoms with E-state index in [-0.39, 0.29) is 11.9 Å². The summed E-state index contributed by atoms with van der Waals surface area (Å²) in [5.74, 6) is -0.0780. The Kier molecular flexibility index (Phi) is 5.21. The Morgan fingerprint density at radius 3 is 2.58 bits per heavy atom. The number of para-hydroxylation sites is 1. The number of pyridine rings is 1. The summed E-state index contributed by atoms with van der Waals surface area (Å²) in [6.07, 6.45) is 0. The lowest BCUT2D eigenvalue weighted by Crippen LogP contribution is -2.40. The van der Waals surface area contributed by atoms with Gasteiger partial charge in [0.25, 0.3) is 5.91 Å². The van der Waals surface area contributed by atoms with Crippen LogP contribution in [0.3, 0.4) is 0 Å². The molecule has 0 saturated heterocycles. The fourth-order valence-electron chi connectivity index (χ4n) is 2.99. The second kappa shape index (κ2) is 7.56. The van der Waals surface area contributed by atoms with Gasteiger partial charge < -0.3 is 10.2 Å². The lowest BCUT2D eigenvalue weighted by molar-refractivity contribution is 0.0951. The van der Waals surface area contributed by atoms with E-state index in [1.807, 2.05) is 63.4 Å². The SMILES string of the molecule is Cc1ccc2cc(C(=O)NCC(C)N(C)c3ccccc3)c(C)nc2c1. The average Bonchev–Trinajstić information content (AvgIpc) is 2.65. The van der Waals surface area contributed by atoms with Crippen LogP contribution in [0.2, 0.25) is 0 Å². The highest BCUT2D eigenvalue weighted by Crippen LogP contribution is 2.18. The highest BCUT2D eigenvalue weighted by Gasteiger charge is 2.15. The molecule has 1 unspecified atom stereocenters. The maximum absolute atomic E-state index is 12.7. The normalized spacial score (nSPS) is 12.0. The van der Waals surface area contributed by atoms with E-state index in [2.05, 4.69) is 34.3 Å². The summed E-state index contributed by atoms with van der Waals surface area (Å²) in [5, 5.41) is 4.03. The summed E-state index contributed by atoms with van der Waals surface area (Å²) < 4.78 is 0. The first kappa shape index (κ1) is 17.9. The molecule has 1 amide bonds. The van der Waals surface area contributed by atoms with Crippen molar-refractivity contribution in [2.45, 2.75) is 26.8 Å². The van der Waals surface area contributed by atoms with Gasteiger partial charge in [-0.05, 0) is 50.6 Å². The maximum Gasteiger partial charge on any atom is 0.253 e. The van der Waals surface area contributed by atoms with Gasteiger partial charge in [0.15, 0.2) is 0 Å². The van der Waals surface area contributed by atoms with Gasteiger partial charge >= 0.3 is 0 Å². The van der Waals surface area contributed by atoms with E-state index >= 15 is 0 Å². The van der Waals surface area contributed by atoms with E-state index in [4.69, 9.17) is 0 Å². The monoisotopic (exact) mass is 347 g/mol. The Bertz CT molecular complexity index is 921. The minimum Gasteiger partial charge on any atom is -0.370 e. The van der Waals surface area contributed by atoms with Gasteiger partial charge in [-0.2, -0.15) is 0 Å². The number of rotatable bonds is 5. The number of carbonyl (C=O) groups is 1. The van der Waals surface area contributed by atoms with Crippen molar-refractivity contribution >= 4 is 22.5 Å². The summed E-state index contributed by atoms with van der Waals surface area (Å²) >= 11 is 0. The van der Waals surface area contributed by atoms with Gasteiger partial charge in [0.05, 0.1) is 16.8 Å². The summed E-state index contributed by atoms with van der Waals surface area (Å²) in [7, 11) is 2.04. The van der Waals surface area contributed by atoms with Crippen LogP contribution in [0.5, 0.6) is 0 Å². The number of aromatic nitrogens is 1. The van der Waals surface area contributed by atoms with Crippen molar-refractivity contribution in [3.63, 3.8) is 0 Å². The van der Waals surface area contributed by atoms with Crippen LogP contribution in [0.1, 0.15) is 28.5 Å². The summed E-state index contributed by atoms with van der Waals surface area (Å²) in [4.78, 5) is 19.4. The molecule has 0 radical (unpaired) electrons. The van der Waals surface area contributed by atoms with Gasteiger partial charge in [0.2, 0.25) is 0 Å². The number of likely N-dealkylation sites (N-methyl/N-ethyl adjacent to an activating group) is 1. The van der Waals surface area contributed by atoms with Crippen molar-refractivity contribution in [3.8, 4) is 0 Å². The second-order valence-electron chi connectivity index (χ2n) is 6.82. The molecule has 3 aromatic rings. The highest BCUT2D eigenvalue weighted by atomic mass is 16.1. The number of nitrogens with zero attached hydrogens (tertiary/aromatic N) is 2. The molecule has 134 valence electrons.